The SMILES string of the molecule is COc1ccc2nc3cc(OCCCN4CCCC4)c(OC)cc3c(NC3CCOCC3)c2c1. The lowest BCUT2D eigenvalue weighted by atomic mass is 10.0. The molecule has 0 atom stereocenters. The Kier molecular flexibility index (Phi) is 7.21. The fraction of sp³-hybridized carbons (Fsp3) is 0.519. The van der Waals surface area contributed by atoms with Crippen LogP contribution in [0.25, 0.3) is 21.8 Å². The highest BCUT2D eigenvalue weighted by Crippen LogP contribution is 2.39. The minimum absolute atomic E-state index is 0.348. The van der Waals surface area contributed by atoms with Crippen LogP contribution >= 0.6 is 0 Å². The third-order valence-corrected chi connectivity index (χ3v) is 6.91. The van der Waals surface area contributed by atoms with Crippen molar-refractivity contribution in [1.82, 2.24) is 9.88 Å². The van der Waals surface area contributed by atoms with Gasteiger partial charge in [-0.1, -0.05) is 0 Å². The van der Waals surface area contributed by atoms with Crippen LogP contribution in [0.2, 0.25) is 0 Å². The summed E-state index contributed by atoms with van der Waals surface area (Å²) < 4.78 is 23.0. The monoisotopic (exact) mass is 465 g/mol. The summed E-state index contributed by atoms with van der Waals surface area (Å²) in [6.45, 7) is 5.73. The zero-order valence-electron chi connectivity index (χ0n) is 20.3. The maximum absolute atomic E-state index is 6.19. The van der Waals surface area contributed by atoms with E-state index in [2.05, 4.69) is 22.3 Å². The molecule has 1 N–H and O–H groups in total. The summed E-state index contributed by atoms with van der Waals surface area (Å²) in [6.07, 6.45) is 5.59. The van der Waals surface area contributed by atoms with Crippen LogP contribution < -0.4 is 19.5 Å². The van der Waals surface area contributed by atoms with Crippen LogP contribution in [-0.4, -0.2) is 69.6 Å². The van der Waals surface area contributed by atoms with Crippen LogP contribution in [0, 0.1) is 0 Å². The first-order chi connectivity index (χ1) is 16.7. The topological polar surface area (TPSA) is 65.1 Å². The van der Waals surface area contributed by atoms with Gasteiger partial charge in [0.1, 0.15) is 5.75 Å². The Morgan fingerprint density at radius 1 is 0.971 bits per heavy atom. The predicted molar refractivity (Wildman–Crippen MR) is 136 cm³/mol. The number of nitrogens with one attached hydrogen (secondary N) is 1. The molecule has 2 fully saturated rings. The van der Waals surface area contributed by atoms with E-state index in [1.807, 2.05) is 18.2 Å². The molecule has 2 saturated heterocycles. The lowest BCUT2D eigenvalue weighted by Gasteiger charge is -2.26. The van der Waals surface area contributed by atoms with Crippen molar-refractivity contribution in [3.63, 3.8) is 0 Å². The molecule has 2 aromatic carbocycles. The van der Waals surface area contributed by atoms with Gasteiger partial charge in [-0.05, 0) is 69.5 Å². The molecule has 2 aliphatic heterocycles. The molecule has 3 heterocycles. The number of anilines is 1. The van der Waals surface area contributed by atoms with Crippen molar-refractivity contribution >= 4 is 27.5 Å². The molecule has 0 saturated carbocycles. The maximum Gasteiger partial charge on any atom is 0.163 e. The number of ether oxygens (including phenoxy) is 4. The molecule has 0 amide bonds. The number of fused-ring (bicyclic) bond motifs is 2. The fourth-order valence-electron chi connectivity index (χ4n) is 5.01. The van der Waals surface area contributed by atoms with Crippen LogP contribution in [0.5, 0.6) is 17.2 Å². The van der Waals surface area contributed by atoms with Crippen molar-refractivity contribution in [3.05, 3.63) is 30.3 Å². The number of benzene rings is 2. The zero-order valence-corrected chi connectivity index (χ0v) is 20.3. The molecule has 5 rings (SSSR count). The van der Waals surface area contributed by atoms with Crippen LogP contribution in [0.15, 0.2) is 30.3 Å². The van der Waals surface area contributed by atoms with Gasteiger partial charge in [-0.3, -0.25) is 0 Å². The van der Waals surface area contributed by atoms with Gasteiger partial charge in [-0.2, -0.15) is 0 Å². The minimum Gasteiger partial charge on any atom is -0.497 e. The zero-order chi connectivity index (χ0) is 23.3. The lowest BCUT2D eigenvalue weighted by molar-refractivity contribution is 0.0905. The Morgan fingerprint density at radius 2 is 1.76 bits per heavy atom. The van der Waals surface area contributed by atoms with Gasteiger partial charge in [0.15, 0.2) is 11.5 Å². The molecule has 34 heavy (non-hydrogen) atoms. The van der Waals surface area contributed by atoms with E-state index < -0.39 is 0 Å². The predicted octanol–water partition coefficient (Wildman–Crippen LogP) is 4.86. The van der Waals surface area contributed by atoms with E-state index in [0.29, 0.717) is 12.6 Å². The molecule has 182 valence electrons. The summed E-state index contributed by atoms with van der Waals surface area (Å²) in [5.74, 6) is 2.29. The smallest absolute Gasteiger partial charge is 0.163 e. The number of likely N-dealkylation sites (tertiary alicyclic amines) is 1. The van der Waals surface area contributed by atoms with E-state index in [0.717, 1.165) is 83.8 Å². The van der Waals surface area contributed by atoms with Gasteiger partial charge in [0.2, 0.25) is 0 Å². The molecule has 1 aromatic heterocycles. The quantitative estimate of drug-likeness (QED) is 0.358. The van der Waals surface area contributed by atoms with Crippen molar-refractivity contribution in [2.45, 2.75) is 38.1 Å². The molecular formula is C27H35N3O4. The number of pyridine rings is 1. The van der Waals surface area contributed by atoms with Gasteiger partial charge >= 0.3 is 0 Å². The van der Waals surface area contributed by atoms with Crippen molar-refractivity contribution < 1.29 is 18.9 Å². The third-order valence-electron chi connectivity index (χ3n) is 6.91. The average molecular weight is 466 g/mol. The normalized spacial score (nSPS) is 17.4. The van der Waals surface area contributed by atoms with E-state index in [-0.39, 0.29) is 0 Å². The molecule has 0 unspecified atom stereocenters. The Balaban J connectivity index is 1.48. The second kappa shape index (κ2) is 10.7. The second-order valence-corrected chi connectivity index (χ2v) is 9.17. The van der Waals surface area contributed by atoms with Gasteiger partial charge in [-0.15, -0.1) is 0 Å². The van der Waals surface area contributed by atoms with Crippen molar-refractivity contribution in [3.8, 4) is 17.2 Å². The van der Waals surface area contributed by atoms with E-state index in [1.54, 1.807) is 14.2 Å². The van der Waals surface area contributed by atoms with Crippen molar-refractivity contribution in [2.24, 2.45) is 0 Å². The van der Waals surface area contributed by atoms with E-state index in [9.17, 15) is 0 Å². The van der Waals surface area contributed by atoms with Gasteiger partial charge in [-0.25, -0.2) is 4.98 Å². The van der Waals surface area contributed by atoms with Crippen molar-refractivity contribution in [2.75, 3.05) is 59.0 Å². The van der Waals surface area contributed by atoms with Crippen LogP contribution in [-0.2, 0) is 4.74 Å². The molecule has 0 aliphatic carbocycles. The van der Waals surface area contributed by atoms with E-state index in [4.69, 9.17) is 23.9 Å². The number of methoxy groups -OCH3 is 2. The lowest BCUT2D eigenvalue weighted by Crippen LogP contribution is -2.28. The largest absolute Gasteiger partial charge is 0.497 e. The molecule has 3 aromatic rings. The maximum atomic E-state index is 6.19. The van der Waals surface area contributed by atoms with E-state index in [1.165, 1.54) is 25.9 Å². The molecular weight excluding hydrogens is 430 g/mol. The number of rotatable bonds is 9. The summed E-state index contributed by atoms with van der Waals surface area (Å²) in [4.78, 5) is 7.48. The number of hydrogen-bond acceptors (Lipinski definition) is 7. The first kappa shape index (κ1) is 23.0. The highest BCUT2D eigenvalue weighted by atomic mass is 16.5. The van der Waals surface area contributed by atoms with Crippen LogP contribution in [0.1, 0.15) is 32.1 Å². The number of hydrogen-bond donors (Lipinski definition) is 1. The Labute approximate surface area is 201 Å². The second-order valence-electron chi connectivity index (χ2n) is 9.17. The minimum atomic E-state index is 0.348. The Hall–Kier alpha value is -2.77. The molecule has 0 spiro atoms. The molecule has 2 aliphatic rings. The van der Waals surface area contributed by atoms with Gasteiger partial charge in [0.05, 0.1) is 37.5 Å². The van der Waals surface area contributed by atoms with Gasteiger partial charge < -0.3 is 29.2 Å². The summed E-state index contributed by atoms with van der Waals surface area (Å²) in [6, 6.07) is 10.4. The summed E-state index contributed by atoms with van der Waals surface area (Å²) >= 11 is 0. The Bertz CT molecular complexity index is 1120. The van der Waals surface area contributed by atoms with Gasteiger partial charge in [0, 0.05) is 42.6 Å². The Morgan fingerprint density at radius 3 is 2.53 bits per heavy atom. The van der Waals surface area contributed by atoms with Crippen LogP contribution in [0.4, 0.5) is 5.69 Å². The molecule has 7 heteroatoms. The standard InChI is InChI=1S/C27H35N3O4/c1-31-20-6-7-23-21(16-20)27(28-19-8-14-33-15-9-19)22-17-25(32-2)26(18-24(22)29-23)34-13-5-12-30-10-3-4-11-30/h6-7,16-19H,3-5,8-15H2,1-2H3,(H,28,29). The van der Waals surface area contributed by atoms with Gasteiger partial charge in [0.25, 0.3) is 0 Å². The van der Waals surface area contributed by atoms with Crippen molar-refractivity contribution in [1.29, 1.82) is 0 Å². The molecule has 7 nitrogen and oxygen atoms in total. The number of nitrogens with zero attached hydrogens (tertiary/aromatic N) is 2. The highest BCUT2D eigenvalue weighted by molar-refractivity contribution is 6.08. The summed E-state index contributed by atoms with van der Waals surface area (Å²) in [7, 11) is 3.39. The van der Waals surface area contributed by atoms with E-state index >= 15 is 0 Å². The molecule has 0 bridgehead atoms. The third kappa shape index (κ3) is 5.00. The number of aromatic nitrogens is 1. The summed E-state index contributed by atoms with van der Waals surface area (Å²) in [5, 5.41) is 5.86. The highest BCUT2D eigenvalue weighted by Gasteiger charge is 2.20. The summed E-state index contributed by atoms with van der Waals surface area (Å²) in [5.41, 5.74) is 2.88. The fourth-order valence-corrected chi connectivity index (χ4v) is 5.01. The average Bonchev–Trinajstić information content (AvgIpc) is 3.40. The van der Waals surface area contributed by atoms with Crippen LogP contribution in [0.3, 0.4) is 0 Å². The first-order valence-corrected chi connectivity index (χ1v) is 12.4. The molecule has 0 radical (unpaired) electrons. The first-order valence-electron chi connectivity index (χ1n) is 12.4.